The minimum absolute atomic E-state index is 0.0870. The fourth-order valence-electron chi connectivity index (χ4n) is 1.69. The number of hydrogen-bond acceptors (Lipinski definition) is 4. The Balaban J connectivity index is 3.12. The second-order valence-corrected chi connectivity index (χ2v) is 6.79. The topological polar surface area (TPSA) is 86.6 Å². The summed E-state index contributed by atoms with van der Waals surface area (Å²) in [6.07, 6.45) is 1.15. The molecule has 0 fully saturated rings. The van der Waals surface area contributed by atoms with E-state index >= 15 is 0 Å². The van der Waals surface area contributed by atoms with Crippen LogP contribution in [0.4, 0.5) is 0 Å². The van der Waals surface area contributed by atoms with E-state index in [0.29, 0.717) is 8.95 Å². The van der Waals surface area contributed by atoms with Crippen molar-refractivity contribution in [3.63, 3.8) is 0 Å². The number of carboxylic acid groups (broad SMARTS) is 1. The van der Waals surface area contributed by atoms with Gasteiger partial charge in [-0.15, -0.1) is 0 Å². The minimum Gasteiger partial charge on any atom is -0.477 e. The molecule has 0 aromatic heterocycles. The number of nitrogens with one attached hydrogen (secondary N) is 1. The molecular weight excluding hydrogens is 418 g/mol. The number of aliphatic hydroxyl groups is 1. The molecular formula is C15H17Br2NO4. The number of halogens is 2. The molecule has 0 bridgehead atoms. The van der Waals surface area contributed by atoms with Crippen LogP contribution in [0.15, 0.2) is 38.9 Å². The molecule has 0 saturated heterocycles. The van der Waals surface area contributed by atoms with Gasteiger partial charge in [0, 0.05) is 20.7 Å². The van der Waals surface area contributed by atoms with Crippen molar-refractivity contribution in [1.29, 1.82) is 0 Å². The maximum absolute atomic E-state index is 12.4. The number of carbonyl (C=O) groups excluding carboxylic acids is 1. The average Bonchev–Trinajstić information content (AvgIpc) is 2.44. The van der Waals surface area contributed by atoms with E-state index < -0.39 is 17.3 Å². The first-order valence-corrected chi connectivity index (χ1v) is 8.16. The lowest BCUT2D eigenvalue weighted by atomic mass is 10.0. The van der Waals surface area contributed by atoms with E-state index in [1.807, 2.05) is 13.8 Å². The summed E-state index contributed by atoms with van der Waals surface area (Å²) in [6.45, 7) is 3.61. The van der Waals surface area contributed by atoms with E-state index in [4.69, 9.17) is 0 Å². The first-order chi connectivity index (χ1) is 10.3. The molecule has 1 rings (SSSR count). The number of benzene rings is 1. The molecule has 1 unspecified atom stereocenters. The van der Waals surface area contributed by atoms with Crippen LogP contribution in [0, 0.1) is 5.92 Å². The Morgan fingerprint density at radius 2 is 1.95 bits per heavy atom. The van der Waals surface area contributed by atoms with Crippen LogP contribution in [0.5, 0.6) is 0 Å². The third-order valence-corrected chi connectivity index (χ3v) is 4.28. The van der Waals surface area contributed by atoms with Crippen molar-refractivity contribution in [2.24, 2.45) is 5.92 Å². The van der Waals surface area contributed by atoms with Gasteiger partial charge in [0.1, 0.15) is 5.57 Å². The highest BCUT2D eigenvalue weighted by atomic mass is 79.9. The number of ketones is 1. The number of hydrogen-bond donors (Lipinski definition) is 3. The Morgan fingerprint density at radius 3 is 2.45 bits per heavy atom. The molecule has 0 aliphatic carbocycles. The fourth-order valence-corrected chi connectivity index (χ4v) is 2.48. The molecule has 1 aromatic carbocycles. The van der Waals surface area contributed by atoms with Crippen LogP contribution in [0.2, 0.25) is 0 Å². The van der Waals surface area contributed by atoms with Crippen molar-refractivity contribution in [2.75, 3.05) is 6.61 Å². The van der Waals surface area contributed by atoms with Gasteiger partial charge in [-0.2, -0.15) is 0 Å². The highest BCUT2D eigenvalue weighted by Gasteiger charge is 2.22. The van der Waals surface area contributed by atoms with E-state index in [1.165, 1.54) is 0 Å². The van der Waals surface area contributed by atoms with Gasteiger partial charge in [0.15, 0.2) is 0 Å². The van der Waals surface area contributed by atoms with Crippen molar-refractivity contribution in [1.82, 2.24) is 5.32 Å². The van der Waals surface area contributed by atoms with Gasteiger partial charge in [-0.25, -0.2) is 4.79 Å². The summed E-state index contributed by atoms with van der Waals surface area (Å²) in [6, 6.07) is 4.63. The van der Waals surface area contributed by atoms with Gasteiger partial charge < -0.3 is 15.5 Å². The molecule has 0 heterocycles. The summed E-state index contributed by atoms with van der Waals surface area (Å²) < 4.78 is 1.18. The molecule has 0 amide bonds. The quantitative estimate of drug-likeness (QED) is 0.266. The highest BCUT2D eigenvalue weighted by Crippen LogP contribution is 2.24. The Bertz CT molecular complexity index is 599. The van der Waals surface area contributed by atoms with Crippen molar-refractivity contribution < 1.29 is 19.8 Å². The largest absolute Gasteiger partial charge is 0.477 e. The number of aliphatic hydroxyl groups excluding tert-OH is 1. The molecule has 1 aromatic rings. The minimum atomic E-state index is -1.33. The Kier molecular flexibility index (Phi) is 7.25. The van der Waals surface area contributed by atoms with Gasteiger partial charge in [0.25, 0.3) is 0 Å². The average molecular weight is 435 g/mol. The number of rotatable bonds is 7. The first kappa shape index (κ1) is 18.9. The Labute approximate surface area is 145 Å². The SMILES string of the molecule is CC(C)C(CO)NC=C(C(=O)O)C(=O)c1cc(Br)ccc1Br. The third-order valence-electron chi connectivity index (χ3n) is 3.09. The summed E-state index contributed by atoms with van der Waals surface area (Å²) in [4.78, 5) is 23.8. The van der Waals surface area contributed by atoms with E-state index in [2.05, 4.69) is 37.2 Å². The predicted molar refractivity (Wildman–Crippen MR) is 90.7 cm³/mol. The second kappa shape index (κ2) is 8.45. The predicted octanol–water partition coefficient (Wildman–Crippen LogP) is 2.97. The molecule has 5 nitrogen and oxygen atoms in total. The van der Waals surface area contributed by atoms with Crippen molar-refractivity contribution in [3.8, 4) is 0 Å². The van der Waals surface area contributed by atoms with Crippen LogP contribution in [-0.4, -0.2) is 34.6 Å². The molecule has 1 atom stereocenters. The summed E-state index contributed by atoms with van der Waals surface area (Å²) >= 11 is 6.50. The Hall–Kier alpha value is -1.18. The Morgan fingerprint density at radius 1 is 1.32 bits per heavy atom. The summed E-state index contributed by atoms with van der Waals surface area (Å²) in [5.41, 5.74) is -0.146. The van der Waals surface area contributed by atoms with Gasteiger partial charge in [0.05, 0.1) is 12.6 Å². The number of Topliss-reactive ketones (excluding diaryl/α,β-unsaturated/α-hetero) is 1. The van der Waals surface area contributed by atoms with Crippen molar-refractivity contribution in [3.05, 3.63) is 44.5 Å². The lowest BCUT2D eigenvalue weighted by Crippen LogP contribution is -2.34. The van der Waals surface area contributed by atoms with Gasteiger partial charge in [-0.1, -0.05) is 45.7 Å². The van der Waals surface area contributed by atoms with Gasteiger partial charge in [0.2, 0.25) is 5.78 Å². The monoisotopic (exact) mass is 433 g/mol. The van der Waals surface area contributed by atoms with Crippen LogP contribution in [0.1, 0.15) is 24.2 Å². The number of carbonyl (C=O) groups is 2. The number of aliphatic carboxylic acids is 1. The zero-order valence-corrected chi connectivity index (χ0v) is 15.3. The number of carboxylic acids is 1. The van der Waals surface area contributed by atoms with E-state index in [-0.39, 0.29) is 24.1 Å². The summed E-state index contributed by atoms with van der Waals surface area (Å²) in [5.74, 6) is -1.86. The van der Waals surface area contributed by atoms with Gasteiger partial charge in [-0.05, 0) is 24.1 Å². The molecule has 0 aliphatic rings. The summed E-state index contributed by atoms with van der Waals surface area (Å²) in [5, 5.41) is 21.3. The molecule has 0 radical (unpaired) electrons. The van der Waals surface area contributed by atoms with Crippen LogP contribution >= 0.6 is 31.9 Å². The van der Waals surface area contributed by atoms with Crippen LogP contribution in [0.3, 0.4) is 0 Å². The molecule has 0 aliphatic heterocycles. The normalized spacial score (nSPS) is 13.1. The van der Waals surface area contributed by atoms with E-state index in [1.54, 1.807) is 18.2 Å². The fraction of sp³-hybridized carbons (Fsp3) is 0.333. The molecule has 22 heavy (non-hydrogen) atoms. The molecule has 120 valence electrons. The molecule has 3 N–H and O–H groups in total. The smallest absolute Gasteiger partial charge is 0.341 e. The first-order valence-electron chi connectivity index (χ1n) is 6.58. The van der Waals surface area contributed by atoms with Gasteiger partial charge >= 0.3 is 5.97 Å². The molecule has 7 heteroatoms. The standard InChI is InChI=1S/C15H17Br2NO4/c1-8(2)13(7-19)18-6-11(15(21)22)14(20)10-5-9(16)3-4-12(10)17/h3-6,8,13,18-19H,7H2,1-2H3,(H,21,22). The molecule has 0 saturated carbocycles. The van der Waals surface area contributed by atoms with E-state index in [9.17, 15) is 19.8 Å². The van der Waals surface area contributed by atoms with Gasteiger partial charge in [-0.3, -0.25) is 4.79 Å². The van der Waals surface area contributed by atoms with Crippen molar-refractivity contribution >= 4 is 43.6 Å². The van der Waals surface area contributed by atoms with E-state index in [0.717, 1.165) is 6.20 Å². The lowest BCUT2D eigenvalue weighted by molar-refractivity contribution is -0.132. The maximum atomic E-state index is 12.4. The maximum Gasteiger partial charge on any atom is 0.341 e. The zero-order valence-electron chi connectivity index (χ0n) is 12.1. The van der Waals surface area contributed by atoms with Crippen LogP contribution in [-0.2, 0) is 4.79 Å². The zero-order chi connectivity index (χ0) is 16.9. The second-order valence-electron chi connectivity index (χ2n) is 5.02. The summed E-state index contributed by atoms with van der Waals surface area (Å²) in [7, 11) is 0. The lowest BCUT2D eigenvalue weighted by Gasteiger charge is -2.19. The van der Waals surface area contributed by atoms with Crippen LogP contribution in [0.25, 0.3) is 0 Å². The molecule has 0 spiro atoms. The van der Waals surface area contributed by atoms with Crippen LogP contribution < -0.4 is 5.32 Å². The van der Waals surface area contributed by atoms with Crippen molar-refractivity contribution in [2.45, 2.75) is 19.9 Å². The highest BCUT2D eigenvalue weighted by molar-refractivity contribution is 9.11. The third kappa shape index (κ3) is 4.93.